The van der Waals surface area contributed by atoms with Crippen LogP contribution in [0.3, 0.4) is 0 Å². The fourth-order valence-corrected chi connectivity index (χ4v) is 3.75. The smallest absolute Gasteiger partial charge is 0.261 e. The maximum atomic E-state index is 12.7. The highest BCUT2D eigenvalue weighted by molar-refractivity contribution is 6.26. The summed E-state index contributed by atoms with van der Waals surface area (Å²) in [6, 6.07) is 9.26. The highest BCUT2D eigenvalue weighted by Gasteiger charge is 2.43. The molecule has 148 valence electrons. The molecule has 27 heavy (non-hydrogen) atoms. The van der Waals surface area contributed by atoms with Gasteiger partial charge in [-0.05, 0) is 18.9 Å². The molecule has 0 radical (unpaired) electrons. The van der Waals surface area contributed by atoms with E-state index in [1.807, 2.05) is 30.3 Å². The minimum absolute atomic E-state index is 0.0319. The molecule has 1 aliphatic rings. The number of hydrogen-bond acceptors (Lipinski definition) is 3. The second kappa shape index (κ2) is 10.9. The van der Waals surface area contributed by atoms with E-state index >= 15 is 0 Å². The number of amides is 1. The van der Waals surface area contributed by atoms with Crippen molar-refractivity contribution in [3.05, 3.63) is 47.2 Å². The molecule has 1 aliphatic heterocycles. The van der Waals surface area contributed by atoms with Crippen LogP contribution in [0.15, 0.2) is 41.7 Å². The Morgan fingerprint density at radius 3 is 2.15 bits per heavy atom. The molecule has 1 aromatic carbocycles. The lowest BCUT2D eigenvalue weighted by molar-refractivity contribution is -0.127. The van der Waals surface area contributed by atoms with E-state index in [4.69, 9.17) is 0 Å². The third kappa shape index (κ3) is 5.95. The highest BCUT2D eigenvalue weighted by atomic mass is 16.3. The van der Waals surface area contributed by atoms with Crippen molar-refractivity contribution in [3.63, 3.8) is 0 Å². The van der Waals surface area contributed by atoms with Crippen LogP contribution in [0.2, 0.25) is 0 Å². The van der Waals surface area contributed by atoms with Crippen molar-refractivity contribution in [3.8, 4) is 0 Å². The molecule has 0 aromatic heterocycles. The molecule has 1 atom stereocenters. The summed E-state index contributed by atoms with van der Waals surface area (Å²) in [6.07, 6.45) is 10.0. The van der Waals surface area contributed by atoms with Crippen LogP contribution in [0.5, 0.6) is 0 Å². The first-order valence-corrected chi connectivity index (χ1v) is 10.3. The van der Waals surface area contributed by atoms with Crippen molar-refractivity contribution in [2.24, 2.45) is 0 Å². The third-order valence-electron chi connectivity index (χ3n) is 5.29. The average molecular weight is 372 g/mol. The number of carbonyl (C=O) groups excluding carboxylic acids is 2. The normalized spacial score (nSPS) is 19.0. The van der Waals surface area contributed by atoms with Crippen LogP contribution in [0.25, 0.3) is 0 Å². The molecule has 1 fully saturated rings. The van der Waals surface area contributed by atoms with Gasteiger partial charge in [0.1, 0.15) is 11.3 Å². The number of allylic oxidation sites excluding steroid dienone is 1. The van der Waals surface area contributed by atoms with Crippen molar-refractivity contribution in [2.45, 2.75) is 77.7 Å². The molecule has 0 aliphatic carbocycles. The number of aliphatic hydroxyl groups excluding tert-OH is 1. The molecule has 0 spiro atoms. The number of carbonyl (C=O) groups is 2. The summed E-state index contributed by atoms with van der Waals surface area (Å²) in [5.41, 5.74) is 0.997. The van der Waals surface area contributed by atoms with Crippen molar-refractivity contribution < 1.29 is 14.7 Å². The predicted molar refractivity (Wildman–Crippen MR) is 109 cm³/mol. The Morgan fingerprint density at radius 1 is 0.963 bits per heavy atom. The van der Waals surface area contributed by atoms with Gasteiger partial charge >= 0.3 is 0 Å². The van der Waals surface area contributed by atoms with E-state index < -0.39 is 6.04 Å². The van der Waals surface area contributed by atoms with Crippen LogP contribution >= 0.6 is 0 Å². The number of Topliss-reactive ketones (excluding diaryl/α,β-unsaturated/α-hetero) is 1. The van der Waals surface area contributed by atoms with Crippen LogP contribution in [0, 0.1) is 0 Å². The van der Waals surface area contributed by atoms with E-state index in [1.165, 1.54) is 45.4 Å². The van der Waals surface area contributed by atoms with E-state index in [-0.39, 0.29) is 23.0 Å². The number of hydrogen-bond donors (Lipinski definition) is 1. The van der Waals surface area contributed by atoms with Gasteiger partial charge in [-0.15, -0.1) is 0 Å². The van der Waals surface area contributed by atoms with E-state index in [9.17, 15) is 14.7 Å². The monoisotopic (exact) mass is 371 g/mol. The molecule has 1 aromatic rings. The number of benzene rings is 1. The first-order valence-electron chi connectivity index (χ1n) is 10.3. The lowest BCUT2D eigenvalue weighted by Crippen LogP contribution is -2.37. The summed E-state index contributed by atoms with van der Waals surface area (Å²) in [5.74, 6) is -0.728. The molecule has 1 N–H and O–H groups in total. The lowest BCUT2D eigenvalue weighted by Gasteiger charge is -2.23. The Hall–Kier alpha value is -2.10. The number of nitrogens with zero attached hydrogens (tertiary/aromatic N) is 1. The Kier molecular flexibility index (Phi) is 8.56. The molecule has 0 bridgehead atoms. The van der Waals surface area contributed by atoms with Gasteiger partial charge in [-0.2, -0.15) is 0 Å². The van der Waals surface area contributed by atoms with Gasteiger partial charge in [0.25, 0.3) is 5.91 Å². The average Bonchev–Trinajstić information content (AvgIpc) is 2.88. The minimum atomic E-state index is -0.499. The van der Waals surface area contributed by atoms with Gasteiger partial charge < -0.3 is 10.0 Å². The fourth-order valence-electron chi connectivity index (χ4n) is 3.75. The number of unbranched alkanes of at least 4 members (excludes halogenated alkanes) is 7. The van der Waals surface area contributed by atoms with Crippen molar-refractivity contribution >= 4 is 11.7 Å². The Morgan fingerprint density at radius 2 is 1.56 bits per heavy atom. The SMILES string of the molecule is CCCCCCCCCCN1C(=O)C(=C(C)O)C(=O)[C@@H]1Cc1ccccc1. The van der Waals surface area contributed by atoms with E-state index in [0.717, 1.165) is 18.4 Å². The number of likely N-dealkylation sites (tertiary alicyclic amines) is 1. The van der Waals surface area contributed by atoms with Gasteiger partial charge in [0, 0.05) is 13.0 Å². The molecule has 1 heterocycles. The Bertz CT molecular complexity index is 647. The van der Waals surface area contributed by atoms with Crippen LogP contribution in [0.4, 0.5) is 0 Å². The van der Waals surface area contributed by atoms with Gasteiger partial charge in [-0.3, -0.25) is 9.59 Å². The summed E-state index contributed by atoms with van der Waals surface area (Å²) in [4.78, 5) is 27.1. The Labute approximate surface area is 163 Å². The fraction of sp³-hybridized carbons (Fsp3) is 0.565. The molecule has 1 amide bonds. The molecular formula is C23H33NO3. The van der Waals surface area contributed by atoms with Gasteiger partial charge in [-0.25, -0.2) is 0 Å². The van der Waals surface area contributed by atoms with E-state index in [0.29, 0.717) is 13.0 Å². The van der Waals surface area contributed by atoms with Crippen LogP contribution in [-0.4, -0.2) is 34.3 Å². The topological polar surface area (TPSA) is 57.6 Å². The van der Waals surface area contributed by atoms with Crippen molar-refractivity contribution in [2.75, 3.05) is 6.54 Å². The first kappa shape index (κ1) is 21.2. The van der Waals surface area contributed by atoms with Gasteiger partial charge in [0.15, 0.2) is 5.78 Å². The second-order valence-electron chi connectivity index (χ2n) is 7.50. The maximum absolute atomic E-state index is 12.7. The van der Waals surface area contributed by atoms with E-state index in [1.54, 1.807) is 4.90 Å². The zero-order valence-electron chi connectivity index (χ0n) is 16.7. The summed E-state index contributed by atoms with van der Waals surface area (Å²) >= 11 is 0. The zero-order valence-corrected chi connectivity index (χ0v) is 16.7. The molecule has 1 saturated heterocycles. The number of ketones is 1. The largest absolute Gasteiger partial charge is 0.512 e. The predicted octanol–water partition coefficient (Wildman–Crippen LogP) is 4.98. The molecular weight excluding hydrogens is 338 g/mol. The quantitative estimate of drug-likeness (QED) is 0.258. The summed E-state index contributed by atoms with van der Waals surface area (Å²) in [7, 11) is 0. The van der Waals surface area contributed by atoms with E-state index in [2.05, 4.69) is 6.92 Å². The molecule has 0 unspecified atom stereocenters. The summed E-state index contributed by atoms with van der Waals surface area (Å²) in [5, 5.41) is 9.82. The van der Waals surface area contributed by atoms with Gasteiger partial charge in [0.2, 0.25) is 0 Å². The number of aliphatic hydroxyl groups is 1. The van der Waals surface area contributed by atoms with Crippen molar-refractivity contribution in [1.82, 2.24) is 4.90 Å². The molecule has 4 nitrogen and oxygen atoms in total. The van der Waals surface area contributed by atoms with Gasteiger partial charge in [-0.1, -0.05) is 82.2 Å². The maximum Gasteiger partial charge on any atom is 0.261 e. The van der Waals surface area contributed by atoms with Gasteiger partial charge in [0.05, 0.1) is 6.04 Å². The van der Waals surface area contributed by atoms with Crippen LogP contribution in [-0.2, 0) is 16.0 Å². The summed E-state index contributed by atoms with van der Waals surface area (Å²) in [6.45, 7) is 4.22. The lowest BCUT2D eigenvalue weighted by atomic mass is 10.0. The molecule has 0 saturated carbocycles. The number of rotatable bonds is 11. The first-order chi connectivity index (χ1) is 13.1. The summed E-state index contributed by atoms with van der Waals surface area (Å²) < 4.78 is 0. The highest BCUT2D eigenvalue weighted by Crippen LogP contribution is 2.26. The second-order valence-corrected chi connectivity index (χ2v) is 7.50. The van der Waals surface area contributed by atoms with Crippen LogP contribution < -0.4 is 0 Å². The molecule has 2 rings (SSSR count). The Balaban J connectivity index is 1.93. The van der Waals surface area contributed by atoms with Crippen molar-refractivity contribution in [1.29, 1.82) is 0 Å². The third-order valence-corrected chi connectivity index (χ3v) is 5.29. The molecule has 4 heteroatoms. The minimum Gasteiger partial charge on any atom is -0.512 e. The standard InChI is InChI=1S/C23H33NO3/c1-3-4-5-6-7-8-9-13-16-24-20(17-19-14-11-10-12-15-19)22(26)21(18(2)25)23(24)27/h10-12,14-15,20,25H,3-9,13,16-17H2,1-2H3/t20-/m0/s1. The zero-order chi connectivity index (χ0) is 19.6. The van der Waals surface area contributed by atoms with Crippen LogP contribution in [0.1, 0.15) is 70.8 Å².